The molecule has 6 nitrogen and oxygen atoms in total. The number of amides is 2. The van der Waals surface area contributed by atoms with Gasteiger partial charge < -0.3 is 20.0 Å². The van der Waals surface area contributed by atoms with Crippen LogP contribution in [0, 0.1) is 0 Å². The first-order chi connectivity index (χ1) is 16.4. The molecule has 2 saturated heterocycles. The molecule has 0 saturated carbocycles. The van der Waals surface area contributed by atoms with Crippen LogP contribution in [0.25, 0.3) is 0 Å². The van der Waals surface area contributed by atoms with Gasteiger partial charge in [-0.25, -0.2) is 0 Å². The summed E-state index contributed by atoms with van der Waals surface area (Å²) < 4.78 is 0. The summed E-state index contributed by atoms with van der Waals surface area (Å²) in [7, 11) is 0. The monoisotopic (exact) mass is 464 g/mol. The van der Waals surface area contributed by atoms with Gasteiger partial charge in [-0.3, -0.25) is 9.59 Å². The molecule has 2 aromatic rings. The molecule has 2 aliphatic rings. The van der Waals surface area contributed by atoms with Crippen molar-refractivity contribution in [1.29, 1.82) is 0 Å². The molecule has 2 fully saturated rings. The topological polar surface area (TPSA) is 81.1 Å². The van der Waals surface area contributed by atoms with E-state index in [2.05, 4.69) is 0 Å². The van der Waals surface area contributed by atoms with E-state index >= 15 is 0 Å². The number of rotatable bonds is 9. The van der Waals surface area contributed by atoms with E-state index in [1.165, 1.54) is 0 Å². The number of carbonyl (C=O) groups excluding carboxylic acids is 2. The summed E-state index contributed by atoms with van der Waals surface area (Å²) in [6, 6.07) is 18.2. The van der Waals surface area contributed by atoms with Crippen molar-refractivity contribution in [2.45, 2.75) is 62.6 Å². The van der Waals surface area contributed by atoms with Gasteiger partial charge in [0.15, 0.2) is 0 Å². The first-order valence-corrected chi connectivity index (χ1v) is 12.6. The molecule has 0 bridgehead atoms. The predicted molar refractivity (Wildman–Crippen MR) is 131 cm³/mol. The van der Waals surface area contributed by atoms with Crippen molar-refractivity contribution in [3.05, 3.63) is 71.8 Å². The second-order valence-electron chi connectivity index (χ2n) is 9.63. The highest BCUT2D eigenvalue weighted by molar-refractivity contribution is 5.77. The van der Waals surface area contributed by atoms with E-state index in [4.69, 9.17) is 0 Å². The minimum absolute atomic E-state index is 0.00425. The number of benzene rings is 2. The Labute approximate surface area is 202 Å². The van der Waals surface area contributed by atoms with Gasteiger partial charge in [0.2, 0.25) is 11.8 Å². The SMILES string of the molecule is O=C(CC[C@@](O)(c1ccccc1)[C@@](O)(CCC(=O)N1CCCC1)c1ccccc1)N1CCCC1. The van der Waals surface area contributed by atoms with Crippen LogP contribution >= 0.6 is 0 Å². The van der Waals surface area contributed by atoms with E-state index in [0.717, 1.165) is 51.9 Å². The van der Waals surface area contributed by atoms with Gasteiger partial charge in [-0.15, -0.1) is 0 Å². The molecular weight excluding hydrogens is 428 g/mol. The zero-order valence-electron chi connectivity index (χ0n) is 19.9. The van der Waals surface area contributed by atoms with Crippen molar-refractivity contribution in [1.82, 2.24) is 9.80 Å². The van der Waals surface area contributed by atoms with Crippen molar-refractivity contribution in [2.75, 3.05) is 26.2 Å². The van der Waals surface area contributed by atoms with Crippen LogP contribution in [0.4, 0.5) is 0 Å². The number of carbonyl (C=O) groups is 2. The molecule has 2 heterocycles. The molecule has 34 heavy (non-hydrogen) atoms. The van der Waals surface area contributed by atoms with Crippen LogP contribution in [-0.4, -0.2) is 58.0 Å². The molecule has 0 aliphatic carbocycles. The molecule has 2 aliphatic heterocycles. The first kappa shape index (κ1) is 24.4. The smallest absolute Gasteiger partial charge is 0.222 e. The molecule has 0 aromatic heterocycles. The summed E-state index contributed by atoms with van der Waals surface area (Å²) in [5.41, 5.74) is -2.39. The van der Waals surface area contributed by atoms with Gasteiger partial charge in [0, 0.05) is 39.0 Å². The van der Waals surface area contributed by atoms with Crippen molar-refractivity contribution in [2.24, 2.45) is 0 Å². The zero-order chi connectivity index (χ0) is 24.0. The second-order valence-corrected chi connectivity index (χ2v) is 9.63. The molecule has 0 radical (unpaired) electrons. The first-order valence-electron chi connectivity index (χ1n) is 12.6. The van der Waals surface area contributed by atoms with Crippen molar-refractivity contribution in [3.63, 3.8) is 0 Å². The summed E-state index contributed by atoms with van der Waals surface area (Å²) >= 11 is 0. The fourth-order valence-electron chi connectivity index (χ4n) is 5.43. The summed E-state index contributed by atoms with van der Waals surface area (Å²) in [6.45, 7) is 2.98. The average Bonchev–Trinajstić information content (AvgIpc) is 3.61. The average molecular weight is 465 g/mol. The van der Waals surface area contributed by atoms with E-state index in [9.17, 15) is 19.8 Å². The standard InChI is InChI=1S/C28H36N2O4/c31-25(29-19-7-8-20-29)15-17-27(33,23-11-3-1-4-12-23)28(34,24-13-5-2-6-14-24)18-16-26(32)30-21-9-10-22-30/h1-6,11-14,33-34H,7-10,15-22H2/t27-,28-/m1/s1. The van der Waals surface area contributed by atoms with Crippen LogP contribution in [0.5, 0.6) is 0 Å². The van der Waals surface area contributed by atoms with Crippen molar-refractivity contribution < 1.29 is 19.8 Å². The van der Waals surface area contributed by atoms with Crippen LogP contribution < -0.4 is 0 Å². The highest BCUT2D eigenvalue weighted by Gasteiger charge is 2.51. The lowest BCUT2D eigenvalue weighted by Crippen LogP contribution is -2.50. The lowest BCUT2D eigenvalue weighted by Gasteiger charge is -2.45. The normalized spacial score (nSPS) is 19.6. The number of hydrogen-bond acceptors (Lipinski definition) is 4. The molecule has 2 aromatic carbocycles. The van der Waals surface area contributed by atoms with Gasteiger partial charge >= 0.3 is 0 Å². The molecule has 182 valence electrons. The number of nitrogens with zero attached hydrogens (tertiary/aromatic N) is 2. The van der Waals surface area contributed by atoms with E-state index in [1.54, 1.807) is 24.3 Å². The maximum Gasteiger partial charge on any atom is 0.222 e. The third kappa shape index (κ3) is 5.03. The lowest BCUT2D eigenvalue weighted by atomic mass is 9.68. The maximum atomic E-state index is 12.9. The Bertz CT molecular complexity index is 875. The highest BCUT2D eigenvalue weighted by Crippen LogP contribution is 2.47. The Hall–Kier alpha value is -2.70. The van der Waals surface area contributed by atoms with Gasteiger partial charge in [0.25, 0.3) is 0 Å². The minimum atomic E-state index is -1.74. The fourth-order valence-corrected chi connectivity index (χ4v) is 5.43. The van der Waals surface area contributed by atoms with Crippen LogP contribution in [0.15, 0.2) is 60.7 Å². The Morgan fingerprint density at radius 2 is 0.941 bits per heavy atom. The third-order valence-electron chi connectivity index (χ3n) is 7.51. The largest absolute Gasteiger partial charge is 0.382 e. The summed E-state index contributed by atoms with van der Waals surface area (Å²) in [5, 5.41) is 24.6. The second kappa shape index (κ2) is 10.7. The van der Waals surface area contributed by atoms with Gasteiger partial charge in [-0.2, -0.15) is 0 Å². The maximum absolute atomic E-state index is 12.9. The van der Waals surface area contributed by atoms with E-state index in [-0.39, 0.29) is 37.5 Å². The van der Waals surface area contributed by atoms with Crippen LogP contribution in [-0.2, 0) is 20.8 Å². The molecule has 2 N–H and O–H groups in total. The fraction of sp³-hybridized carbons (Fsp3) is 0.500. The summed E-state index contributed by atoms with van der Waals surface area (Å²) in [6.07, 6.45) is 4.39. The Balaban J connectivity index is 1.66. The van der Waals surface area contributed by atoms with Crippen molar-refractivity contribution in [3.8, 4) is 0 Å². The Morgan fingerprint density at radius 3 is 1.26 bits per heavy atom. The summed E-state index contributed by atoms with van der Waals surface area (Å²) in [5.74, 6) is -0.00850. The molecular formula is C28H36N2O4. The van der Waals surface area contributed by atoms with Crippen LogP contribution in [0.2, 0.25) is 0 Å². The van der Waals surface area contributed by atoms with Gasteiger partial charge in [-0.05, 0) is 49.7 Å². The zero-order valence-corrected chi connectivity index (χ0v) is 19.9. The Kier molecular flexibility index (Phi) is 7.69. The highest BCUT2D eigenvalue weighted by atomic mass is 16.4. The molecule has 0 spiro atoms. The molecule has 4 rings (SSSR count). The molecule has 2 atom stereocenters. The molecule has 6 heteroatoms. The Morgan fingerprint density at radius 1 is 0.618 bits per heavy atom. The number of likely N-dealkylation sites (tertiary alicyclic amines) is 2. The summed E-state index contributed by atoms with van der Waals surface area (Å²) in [4.78, 5) is 29.5. The van der Waals surface area contributed by atoms with E-state index in [1.807, 2.05) is 46.2 Å². The molecule has 0 unspecified atom stereocenters. The van der Waals surface area contributed by atoms with Gasteiger partial charge in [0.05, 0.1) is 0 Å². The lowest BCUT2D eigenvalue weighted by molar-refractivity contribution is -0.179. The van der Waals surface area contributed by atoms with E-state index < -0.39 is 11.2 Å². The van der Waals surface area contributed by atoms with Crippen LogP contribution in [0.1, 0.15) is 62.5 Å². The van der Waals surface area contributed by atoms with Crippen molar-refractivity contribution >= 4 is 11.8 Å². The van der Waals surface area contributed by atoms with Gasteiger partial charge in [-0.1, -0.05) is 60.7 Å². The van der Waals surface area contributed by atoms with Gasteiger partial charge in [0.1, 0.15) is 11.2 Å². The number of hydrogen-bond donors (Lipinski definition) is 2. The predicted octanol–water partition coefficient (Wildman–Crippen LogP) is 3.57. The minimum Gasteiger partial charge on any atom is -0.382 e. The molecule has 2 amide bonds. The third-order valence-corrected chi connectivity index (χ3v) is 7.51. The van der Waals surface area contributed by atoms with E-state index in [0.29, 0.717) is 11.1 Å². The quantitative estimate of drug-likeness (QED) is 0.595. The number of aliphatic hydroxyl groups is 2. The van der Waals surface area contributed by atoms with Crippen LogP contribution in [0.3, 0.4) is 0 Å².